The van der Waals surface area contributed by atoms with Gasteiger partial charge in [0.25, 0.3) is 0 Å². The van der Waals surface area contributed by atoms with Crippen LogP contribution in [0.4, 0.5) is 0 Å². The zero-order valence-corrected chi connectivity index (χ0v) is 9.26. The molecule has 90 valence electrons. The van der Waals surface area contributed by atoms with Crippen molar-refractivity contribution in [2.45, 2.75) is 6.54 Å². The van der Waals surface area contributed by atoms with Gasteiger partial charge in [0.05, 0.1) is 30.8 Å². The molecule has 0 aliphatic carbocycles. The van der Waals surface area contributed by atoms with Gasteiger partial charge in [-0.25, -0.2) is 4.79 Å². The minimum atomic E-state index is -0.383. The van der Waals surface area contributed by atoms with Crippen LogP contribution in [0.2, 0.25) is 0 Å². The zero-order chi connectivity index (χ0) is 11.9. The number of rotatable bonds is 3. The largest absolute Gasteiger partial charge is 0.419 e. The van der Waals surface area contributed by atoms with E-state index in [2.05, 4.69) is 0 Å². The number of para-hydroxylation sites is 2. The summed E-state index contributed by atoms with van der Waals surface area (Å²) in [5.41, 5.74) is 0.999. The molecule has 2 heterocycles. The number of fused-ring (bicyclic) bond motifs is 1. The van der Waals surface area contributed by atoms with Gasteiger partial charge in [0.15, 0.2) is 5.58 Å². The molecular formula is C12H13NO4. The van der Waals surface area contributed by atoms with Gasteiger partial charge in [-0.1, -0.05) is 12.1 Å². The Morgan fingerprint density at radius 3 is 2.76 bits per heavy atom. The van der Waals surface area contributed by atoms with Crippen molar-refractivity contribution in [3.8, 4) is 0 Å². The van der Waals surface area contributed by atoms with Crippen LogP contribution in [-0.2, 0) is 11.3 Å². The van der Waals surface area contributed by atoms with E-state index in [9.17, 15) is 9.90 Å². The van der Waals surface area contributed by atoms with Gasteiger partial charge >= 0.3 is 5.76 Å². The molecule has 0 radical (unpaired) electrons. The summed E-state index contributed by atoms with van der Waals surface area (Å²) in [5, 5.41) is 9.37. The Bertz CT molecular complexity index is 588. The Labute approximate surface area is 97.2 Å². The summed E-state index contributed by atoms with van der Waals surface area (Å²) < 4.78 is 11.8. The molecule has 0 atom stereocenters. The molecule has 5 nitrogen and oxygen atoms in total. The predicted molar refractivity (Wildman–Crippen MR) is 60.8 cm³/mol. The number of aliphatic hydroxyl groups is 1. The van der Waals surface area contributed by atoms with Gasteiger partial charge in [0, 0.05) is 6.54 Å². The average molecular weight is 235 g/mol. The monoisotopic (exact) mass is 235 g/mol. The lowest BCUT2D eigenvalue weighted by Crippen LogP contribution is -2.49. The fourth-order valence-corrected chi connectivity index (χ4v) is 2.12. The van der Waals surface area contributed by atoms with Crippen LogP contribution in [0.3, 0.4) is 0 Å². The molecular weight excluding hydrogens is 222 g/mol. The molecule has 3 rings (SSSR count). The highest BCUT2D eigenvalue weighted by atomic mass is 16.5. The van der Waals surface area contributed by atoms with E-state index in [0.29, 0.717) is 25.3 Å². The Kier molecular flexibility index (Phi) is 2.31. The number of nitrogens with zero attached hydrogens (tertiary/aromatic N) is 1. The Morgan fingerprint density at radius 2 is 2.12 bits per heavy atom. The van der Waals surface area contributed by atoms with E-state index in [1.54, 1.807) is 10.6 Å². The van der Waals surface area contributed by atoms with Crippen LogP contribution in [0.5, 0.6) is 0 Å². The minimum Gasteiger partial charge on any atom is -0.408 e. The quantitative estimate of drug-likeness (QED) is 0.846. The van der Waals surface area contributed by atoms with Crippen LogP contribution in [-0.4, -0.2) is 29.5 Å². The van der Waals surface area contributed by atoms with Gasteiger partial charge in [0.1, 0.15) is 0 Å². The van der Waals surface area contributed by atoms with Gasteiger partial charge in [-0.05, 0) is 12.1 Å². The Morgan fingerprint density at radius 1 is 1.35 bits per heavy atom. The lowest BCUT2D eigenvalue weighted by Gasteiger charge is -2.39. The molecule has 0 bridgehead atoms. The van der Waals surface area contributed by atoms with Crippen molar-refractivity contribution in [2.24, 2.45) is 5.41 Å². The number of aromatic nitrogens is 1. The third-order valence-electron chi connectivity index (χ3n) is 3.22. The SMILES string of the molecule is O=c1oc2ccccc2n1CC1(CO)COC1. The third-order valence-corrected chi connectivity index (χ3v) is 3.22. The first-order valence-corrected chi connectivity index (χ1v) is 5.51. The molecule has 0 saturated carbocycles. The number of oxazole rings is 1. The maximum absolute atomic E-state index is 11.7. The molecule has 0 amide bonds. The van der Waals surface area contributed by atoms with E-state index in [-0.39, 0.29) is 17.8 Å². The Balaban J connectivity index is 2.05. The first-order valence-electron chi connectivity index (χ1n) is 5.51. The van der Waals surface area contributed by atoms with E-state index < -0.39 is 0 Å². The van der Waals surface area contributed by atoms with Gasteiger partial charge in [0.2, 0.25) is 0 Å². The topological polar surface area (TPSA) is 64.6 Å². The lowest BCUT2D eigenvalue weighted by atomic mass is 9.87. The molecule has 1 aliphatic rings. The number of benzene rings is 1. The average Bonchev–Trinajstić information content (AvgIpc) is 2.60. The third kappa shape index (κ3) is 1.59. The molecule has 1 fully saturated rings. The fourth-order valence-electron chi connectivity index (χ4n) is 2.12. The molecule has 0 spiro atoms. The van der Waals surface area contributed by atoms with Crippen molar-refractivity contribution >= 4 is 11.1 Å². The number of hydrogen-bond donors (Lipinski definition) is 1. The molecule has 0 unspecified atom stereocenters. The summed E-state index contributed by atoms with van der Waals surface area (Å²) in [6.07, 6.45) is 0. The maximum atomic E-state index is 11.7. The van der Waals surface area contributed by atoms with Crippen LogP contribution in [0.1, 0.15) is 0 Å². The second-order valence-corrected chi connectivity index (χ2v) is 4.57. The molecule has 1 N–H and O–H groups in total. The number of ether oxygens (including phenoxy) is 1. The Hall–Kier alpha value is -1.59. The van der Waals surface area contributed by atoms with Gasteiger partial charge < -0.3 is 14.3 Å². The summed E-state index contributed by atoms with van der Waals surface area (Å²) in [6, 6.07) is 7.28. The van der Waals surface area contributed by atoms with Crippen LogP contribution in [0.15, 0.2) is 33.5 Å². The molecule has 1 aromatic carbocycles. The van der Waals surface area contributed by atoms with Gasteiger partial charge in [-0.2, -0.15) is 0 Å². The normalized spacial score (nSPS) is 18.2. The fraction of sp³-hybridized carbons (Fsp3) is 0.417. The molecule has 1 aromatic heterocycles. The molecule has 1 aliphatic heterocycles. The number of aliphatic hydroxyl groups excluding tert-OH is 1. The van der Waals surface area contributed by atoms with Gasteiger partial charge in [-0.15, -0.1) is 0 Å². The van der Waals surface area contributed by atoms with Crippen molar-refractivity contribution in [3.05, 3.63) is 34.8 Å². The van der Waals surface area contributed by atoms with Crippen LogP contribution >= 0.6 is 0 Å². The lowest BCUT2D eigenvalue weighted by molar-refractivity contribution is -0.144. The molecule has 5 heteroatoms. The first-order chi connectivity index (χ1) is 8.24. The van der Waals surface area contributed by atoms with Crippen molar-refractivity contribution in [1.82, 2.24) is 4.57 Å². The minimum absolute atomic E-state index is 0.0128. The van der Waals surface area contributed by atoms with Crippen molar-refractivity contribution in [1.29, 1.82) is 0 Å². The van der Waals surface area contributed by atoms with Crippen molar-refractivity contribution in [3.63, 3.8) is 0 Å². The highest BCUT2D eigenvalue weighted by molar-refractivity contribution is 5.72. The van der Waals surface area contributed by atoms with Crippen LogP contribution in [0.25, 0.3) is 11.1 Å². The second-order valence-electron chi connectivity index (χ2n) is 4.57. The molecule has 1 saturated heterocycles. The van der Waals surface area contributed by atoms with E-state index in [0.717, 1.165) is 5.52 Å². The van der Waals surface area contributed by atoms with E-state index in [1.807, 2.05) is 18.2 Å². The van der Waals surface area contributed by atoms with E-state index in [4.69, 9.17) is 9.15 Å². The summed E-state index contributed by atoms with van der Waals surface area (Å²) in [5.74, 6) is -0.383. The van der Waals surface area contributed by atoms with E-state index >= 15 is 0 Å². The second kappa shape index (κ2) is 3.72. The first kappa shape index (κ1) is 10.6. The predicted octanol–water partition coefficient (Wildman–Crippen LogP) is 0.603. The van der Waals surface area contributed by atoms with Gasteiger partial charge in [-0.3, -0.25) is 4.57 Å². The highest BCUT2D eigenvalue weighted by Crippen LogP contribution is 2.29. The van der Waals surface area contributed by atoms with Crippen LogP contribution in [0, 0.1) is 5.41 Å². The maximum Gasteiger partial charge on any atom is 0.419 e. The van der Waals surface area contributed by atoms with E-state index in [1.165, 1.54) is 0 Å². The number of hydrogen-bond acceptors (Lipinski definition) is 4. The summed E-state index contributed by atoms with van der Waals surface area (Å²) >= 11 is 0. The summed E-state index contributed by atoms with van der Waals surface area (Å²) in [7, 11) is 0. The van der Waals surface area contributed by atoms with Crippen LogP contribution < -0.4 is 5.76 Å². The summed E-state index contributed by atoms with van der Waals surface area (Å²) in [4.78, 5) is 11.7. The summed E-state index contributed by atoms with van der Waals surface area (Å²) in [6.45, 7) is 1.41. The standard InChI is InChI=1S/C12H13NO4/c14-6-12(7-16-8-12)5-13-9-3-1-2-4-10(9)17-11(13)15/h1-4,14H,5-8H2. The molecule has 17 heavy (non-hydrogen) atoms. The zero-order valence-electron chi connectivity index (χ0n) is 9.26. The van der Waals surface area contributed by atoms with Crippen molar-refractivity contribution in [2.75, 3.05) is 19.8 Å². The molecule has 2 aromatic rings. The smallest absolute Gasteiger partial charge is 0.408 e. The highest BCUT2D eigenvalue weighted by Gasteiger charge is 2.39. The van der Waals surface area contributed by atoms with Crippen molar-refractivity contribution < 1.29 is 14.3 Å².